The molecule has 1 rings (SSSR count). The van der Waals surface area contributed by atoms with Crippen molar-refractivity contribution in [1.29, 1.82) is 0 Å². The average molecular weight is 191 g/mol. The Hall–Kier alpha value is -1.64. The molecule has 14 heavy (non-hydrogen) atoms. The Morgan fingerprint density at radius 2 is 1.71 bits per heavy atom. The van der Waals surface area contributed by atoms with E-state index >= 15 is 0 Å². The lowest BCUT2D eigenvalue weighted by Gasteiger charge is -2.05. The van der Waals surface area contributed by atoms with Gasteiger partial charge >= 0.3 is 0 Å². The van der Waals surface area contributed by atoms with Crippen molar-refractivity contribution in [2.75, 3.05) is 0 Å². The summed E-state index contributed by atoms with van der Waals surface area (Å²) in [6, 6.07) is 4.04. The summed E-state index contributed by atoms with van der Waals surface area (Å²) < 4.78 is 0. The predicted molar refractivity (Wildman–Crippen MR) is 56.7 cm³/mol. The molecule has 0 spiro atoms. The minimum absolute atomic E-state index is 0.446. The minimum Gasteiger partial charge on any atom is -0.259 e. The van der Waals surface area contributed by atoms with Crippen molar-refractivity contribution in [1.82, 2.24) is 0 Å². The van der Waals surface area contributed by atoms with E-state index in [9.17, 15) is 10.1 Å². The standard InChI is InChI=1S/C11H13NO2/c1-8-6-9(2)11(10(3)7-8)4-5-12(13)14/h4-7H,1-3H3/b5-4+. The van der Waals surface area contributed by atoms with Crippen LogP contribution in [0.3, 0.4) is 0 Å². The van der Waals surface area contributed by atoms with Crippen LogP contribution >= 0.6 is 0 Å². The molecule has 0 heterocycles. The fourth-order valence-electron chi connectivity index (χ4n) is 1.59. The van der Waals surface area contributed by atoms with Crippen LogP contribution in [-0.2, 0) is 0 Å². The van der Waals surface area contributed by atoms with E-state index in [1.807, 2.05) is 32.9 Å². The Kier molecular flexibility index (Phi) is 3.02. The second-order valence-corrected chi connectivity index (χ2v) is 3.41. The first-order valence-electron chi connectivity index (χ1n) is 4.40. The van der Waals surface area contributed by atoms with E-state index in [1.54, 1.807) is 6.08 Å². The van der Waals surface area contributed by atoms with Crippen LogP contribution in [0.5, 0.6) is 0 Å². The van der Waals surface area contributed by atoms with Gasteiger partial charge in [-0.1, -0.05) is 17.7 Å². The van der Waals surface area contributed by atoms with Gasteiger partial charge in [0.05, 0.1) is 4.92 Å². The van der Waals surface area contributed by atoms with Crippen molar-refractivity contribution in [3.63, 3.8) is 0 Å². The number of aryl methyl sites for hydroxylation is 3. The molecule has 0 fully saturated rings. The van der Waals surface area contributed by atoms with Gasteiger partial charge in [0.25, 0.3) is 0 Å². The largest absolute Gasteiger partial charge is 0.259 e. The second-order valence-electron chi connectivity index (χ2n) is 3.41. The van der Waals surface area contributed by atoms with E-state index in [-0.39, 0.29) is 0 Å². The van der Waals surface area contributed by atoms with Gasteiger partial charge in [-0.2, -0.15) is 0 Å². The molecule has 3 nitrogen and oxygen atoms in total. The van der Waals surface area contributed by atoms with E-state index in [1.165, 1.54) is 5.56 Å². The van der Waals surface area contributed by atoms with Gasteiger partial charge in [-0.15, -0.1) is 0 Å². The predicted octanol–water partition coefficient (Wildman–Crippen LogP) is 2.86. The average Bonchev–Trinajstić information content (AvgIpc) is 2.01. The summed E-state index contributed by atoms with van der Waals surface area (Å²) in [6.07, 6.45) is 2.52. The maximum absolute atomic E-state index is 10.2. The highest BCUT2D eigenvalue weighted by Crippen LogP contribution is 2.17. The molecule has 0 unspecified atom stereocenters. The van der Waals surface area contributed by atoms with Crippen molar-refractivity contribution in [3.8, 4) is 0 Å². The van der Waals surface area contributed by atoms with Crippen LogP contribution in [-0.4, -0.2) is 4.92 Å². The van der Waals surface area contributed by atoms with E-state index < -0.39 is 4.92 Å². The number of hydrogen-bond donors (Lipinski definition) is 0. The third kappa shape index (κ3) is 2.42. The fraction of sp³-hybridized carbons (Fsp3) is 0.273. The van der Waals surface area contributed by atoms with Gasteiger partial charge in [-0.3, -0.25) is 10.1 Å². The number of nitrogens with zero attached hydrogens (tertiary/aromatic N) is 1. The lowest BCUT2D eigenvalue weighted by atomic mass is 10.00. The highest BCUT2D eigenvalue weighted by atomic mass is 16.6. The van der Waals surface area contributed by atoms with Crippen LogP contribution in [0.25, 0.3) is 6.08 Å². The first kappa shape index (κ1) is 10.4. The van der Waals surface area contributed by atoms with Crippen LogP contribution < -0.4 is 0 Å². The van der Waals surface area contributed by atoms with E-state index in [4.69, 9.17) is 0 Å². The molecule has 74 valence electrons. The van der Waals surface area contributed by atoms with Crippen LogP contribution in [0, 0.1) is 30.9 Å². The number of benzene rings is 1. The molecule has 0 bridgehead atoms. The minimum atomic E-state index is -0.446. The molecule has 0 aliphatic rings. The smallest absolute Gasteiger partial charge is 0.235 e. The third-order valence-corrected chi connectivity index (χ3v) is 2.10. The topological polar surface area (TPSA) is 43.1 Å². The van der Waals surface area contributed by atoms with Crippen molar-refractivity contribution in [2.24, 2.45) is 0 Å². The Morgan fingerprint density at radius 1 is 1.21 bits per heavy atom. The molecule has 0 saturated heterocycles. The molecule has 1 aromatic carbocycles. The summed E-state index contributed by atoms with van der Waals surface area (Å²) in [4.78, 5) is 9.74. The van der Waals surface area contributed by atoms with Gasteiger partial charge in [-0.25, -0.2) is 0 Å². The highest BCUT2D eigenvalue weighted by Gasteiger charge is 2.01. The normalized spacial score (nSPS) is 10.8. The monoisotopic (exact) mass is 191 g/mol. The number of nitro groups is 1. The van der Waals surface area contributed by atoms with Gasteiger partial charge in [-0.05, 0) is 37.5 Å². The molecule has 0 aromatic heterocycles. The van der Waals surface area contributed by atoms with E-state index in [2.05, 4.69) is 0 Å². The molecule has 0 radical (unpaired) electrons. The maximum Gasteiger partial charge on any atom is 0.235 e. The van der Waals surface area contributed by atoms with Crippen LogP contribution in [0.2, 0.25) is 0 Å². The summed E-state index contributed by atoms with van der Waals surface area (Å²) in [6.45, 7) is 5.93. The Balaban J connectivity index is 3.15. The summed E-state index contributed by atoms with van der Waals surface area (Å²) in [5.41, 5.74) is 4.26. The molecule has 0 aliphatic carbocycles. The van der Waals surface area contributed by atoms with Crippen molar-refractivity contribution in [3.05, 3.63) is 50.7 Å². The molecule has 1 aromatic rings. The van der Waals surface area contributed by atoms with Crippen LogP contribution in [0.15, 0.2) is 18.3 Å². The third-order valence-electron chi connectivity index (χ3n) is 2.10. The van der Waals surface area contributed by atoms with Crippen molar-refractivity contribution >= 4 is 6.08 Å². The van der Waals surface area contributed by atoms with Gasteiger partial charge in [0.15, 0.2) is 0 Å². The van der Waals surface area contributed by atoms with Crippen LogP contribution in [0.4, 0.5) is 0 Å². The van der Waals surface area contributed by atoms with E-state index in [0.717, 1.165) is 22.9 Å². The quantitative estimate of drug-likeness (QED) is 0.533. The molecule has 0 amide bonds. The summed E-state index contributed by atoms with van der Waals surface area (Å²) in [5, 5.41) is 10.2. The lowest BCUT2D eigenvalue weighted by Crippen LogP contribution is -1.90. The molecule has 0 N–H and O–H groups in total. The molecule has 0 atom stereocenters. The van der Waals surface area contributed by atoms with Gasteiger partial charge < -0.3 is 0 Å². The van der Waals surface area contributed by atoms with Crippen molar-refractivity contribution < 1.29 is 4.92 Å². The Bertz CT molecular complexity index is 371. The molecule has 0 aliphatic heterocycles. The zero-order chi connectivity index (χ0) is 10.7. The Morgan fingerprint density at radius 3 is 2.14 bits per heavy atom. The maximum atomic E-state index is 10.2. The Labute approximate surface area is 83.2 Å². The first-order valence-corrected chi connectivity index (χ1v) is 4.40. The van der Waals surface area contributed by atoms with Gasteiger partial charge in [0.1, 0.15) is 0 Å². The molecule has 3 heteroatoms. The van der Waals surface area contributed by atoms with Gasteiger partial charge in [0, 0.05) is 6.08 Å². The summed E-state index contributed by atoms with van der Waals surface area (Å²) in [5.74, 6) is 0. The second kappa shape index (κ2) is 4.05. The van der Waals surface area contributed by atoms with E-state index in [0.29, 0.717) is 0 Å². The fourth-order valence-corrected chi connectivity index (χ4v) is 1.59. The summed E-state index contributed by atoms with van der Waals surface area (Å²) >= 11 is 0. The lowest BCUT2D eigenvalue weighted by molar-refractivity contribution is -0.400. The summed E-state index contributed by atoms with van der Waals surface area (Å²) in [7, 11) is 0. The first-order chi connectivity index (χ1) is 6.50. The number of rotatable bonds is 2. The molecule has 0 saturated carbocycles. The van der Waals surface area contributed by atoms with Crippen LogP contribution in [0.1, 0.15) is 22.3 Å². The highest BCUT2D eigenvalue weighted by molar-refractivity contribution is 5.57. The molecular formula is C11H13NO2. The zero-order valence-electron chi connectivity index (χ0n) is 8.57. The van der Waals surface area contributed by atoms with Crippen molar-refractivity contribution in [2.45, 2.75) is 20.8 Å². The van der Waals surface area contributed by atoms with Gasteiger partial charge in [0.2, 0.25) is 6.20 Å². The zero-order valence-corrected chi connectivity index (χ0v) is 8.57. The number of hydrogen-bond acceptors (Lipinski definition) is 2. The molecular weight excluding hydrogens is 178 g/mol. The SMILES string of the molecule is Cc1cc(C)c(/C=C/[N+](=O)[O-])c(C)c1.